The highest BCUT2D eigenvalue weighted by Crippen LogP contribution is 2.34. The molecule has 3 heteroatoms. The first-order valence-electron chi connectivity index (χ1n) is 3.47. The monoisotopic (exact) mass is 353 g/mol. The Morgan fingerprint density at radius 2 is 1.42 bits per heavy atom. The van der Waals surface area contributed by atoms with Crippen LogP contribution >= 0.6 is 47.8 Å². The Hall–Kier alpha value is 0.660. The third kappa shape index (κ3) is 2.33. The molecule has 0 amide bonds. The molecule has 0 aliphatic carbocycles. The van der Waals surface area contributed by atoms with E-state index in [0.29, 0.717) is 0 Å². The molecule has 0 aliphatic rings. The summed E-state index contributed by atoms with van der Waals surface area (Å²) >= 11 is 10.5. The summed E-state index contributed by atoms with van der Waals surface area (Å²) in [5.74, 6) is 1.29. The fourth-order valence-corrected chi connectivity index (χ4v) is 4.07. The molecule has 12 heavy (non-hydrogen) atoms. The third-order valence-corrected chi connectivity index (χ3v) is 3.22. The zero-order chi connectivity index (χ0) is 9.30. The lowest BCUT2D eigenvalue weighted by atomic mass is 10.0. The lowest BCUT2D eigenvalue weighted by Crippen LogP contribution is -1.91. The summed E-state index contributed by atoms with van der Waals surface area (Å²) in [4.78, 5) is 0. The standard InChI is InChI=1S/C9H8Br3/c1-5(2)9-7(11)3-6(10)4-8(9)12/h3-4H,1-2H3. The average Bonchev–Trinajstić information content (AvgIpc) is 1.82. The molecule has 0 bridgehead atoms. The largest absolute Gasteiger partial charge is 0.0549 e. The Balaban J connectivity index is 3.28. The quantitative estimate of drug-likeness (QED) is 0.669. The van der Waals surface area contributed by atoms with Gasteiger partial charge in [0.05, 0.1) is 0 Å². The molecule has 0 nitrogen and oxygen atoms in total. The van der Waals surface area contributed by atoms with Gasteiger partial charge in [0.15, 0.2) is 0 Å². The van der Waals surface area contributed by atoms with Crippen LogP contribution in [-0.4, -0.2) is 0 Å². The molecule has 0 spiro atoms. The second-order valence-corrected chi connectivity index (χ2v) is 5.37. The molecule has 1 radical (unpaired) electrons. The molecule has 0 N–H and O–H groups in total. The Labute approximate surface area is 98.1 Å². The van der Waals surface area contributed by atoms with E-state index in [4.69, 9.17) is 0 Å². The third-order valence-electron chi connectivity index (χ3n) is 1.51. The molecule has 0 atom stereocenters. The molecule has 0 saturated carbocycles. The number of halogens is 3. The second-order valence-electron chi connectivity index (χ2n) is 2.74. The van der Waals surface area contributed by atoms with Gasteiger partial charge in [-0.1, -0.05) is 61.6 Å². The molecule has 0 saturated heterocycles. The molecular weight excluding hydrogens is 348 g/mol. The van der Waals surface area contributed by atoms with Crippen molar-refractivity contribution in [3.05, 3.63) is 37.0 Å². The van der Waals surface area contributed by atoms with E-state index in [1.54, 1.807) is 0 Å². The van der Waals surface area contributed by atoms with Gasteiger partial charge in [-0.05, 0) is 17.7 Å². The van der Waals surface area contributed by atoms with Crippen LogP contribution in [0.4, 0.5) is 0 Å². The first kappa shape index (κ1) is 10.7. The Morgan fingerprint density at radius 1 is 1.00 bits per heavy atom. The Morgan fingerprint density at radius 3 is 1.75 bits per heavy atom. The van der Waals surface area contributed by atoms with Crippen molar-refractivity contribution in [3.63, 3.8) is 0 Å². The first-order chi connectivity index (χ1) is 5.52. The smallest absolute Gasteiger partial charge is 0.0235 e. The van der Waals surface area contributed by atoms with Gasteiger partial charge < -0.3 is 0 Å². The molecule has 0 fully saturated rings. The molecule has 0 aromatic heterocycles. The Bertz CT molecular complexity index is 269. The van der Waals surface area contributed by atoms with Crippen LogP contribution in [0.2, 0.25) is 0 Å². The highest BCUT2D eigenvalue weighted by Gasteiger charge is 2.10. The number of rotatable bonds is 1. The lowest BCUT2D eigenvalue weighted by molar-refractivity contribution is 1.12. The van der Waals surface area contributed by atoms with Gasteiger partial charge in [-0.15, -0.1) is 0 Å². The van der Waals surface area contributed by atoms with E-state index in [2.05, 4.69) is 61.6 Å². The van der Waals surface area contributed by atoms with Crippen molar-refractivity contribution in [2.45, 2.75) is 13.8 Å². The first-order valence-corrected chi connectivity index (χ1v) is 5.85. The van der Waals surface area contributed by atoms with Crippen LogP contribution in [0.15, 0.2) is 25.6 Å². The Kier molecular flexibility index (Phi) is 3.80. The van der Waals surface area contributed by atoms with Crippen molar-refractivity contribution in [1.82, 2.24) is 0 Å². The van der Waals surface area contributed by atoms with Gasteiger partial charge in [-0.3, -0.25) is 0 Å². The topological polar surface area (TPSA) is 0 Å². The van der Waals surface area contributed by atoms with Crippen LogP contribution < -0.4 is 0 Å². The molecule has 0 unspecified atom stereocenters. The van der Waals surface area contributed by atoms with E-state index in [1.165, 1.54) is 11.5 Å². The number of benzene rings is 1. The number of hydrogen-bond acceptors (Lipinski definition) is 0. The maximum Gasteiger partial charge on any atom is 0.0235 e. The zero-order valence-corrected chi connectivity index (χ0v) is 11.5. The normalized spacial score (nSPS) is 10.8. The van der Waals surface area contributed by atoms with E-state index in [-0.39, 0.29) is 0 Å². The van der Waals surface area contributed by atoms with Crippen molar-refractivity contribution in [2.75, 3.05) is 0 Å². The van der Waals surface area contributed by atoms with Crippen LogP contribution in [0, 0.1) is 5.92 Å². The molecular formula is C9H8Br3. The minimum atomic E-state index is 1.08. The van der Waals surface area contributed by atoms with Gasteiger partial charge in [0.1, 0.15) is 0 Å². The van der Waals surface area contributed by atoms with Crippen LogP contribution in [-0.2, 0) is 0 Å². The van der Waals surface area contributed by atoms with E-state index < -0.39 is 0 Å². The molecule has 1 aromatic carbocycles. The second kappa shape index (κ2) is 4.25. The minimum Gasteiger partial charge on any atom is -0.0549 e. The molecule has 0 heterocycles. The predicted octanol–water partition coefficient (Wildman–Crippen LogP) is 4.94. The van der Waals surface area contributed by atoms with Crippen LogP contribution in [0.25, 0.3) is 0 Å². The summed E-state index contributed by atoms with van der Waals surface area (Å²) in [6, 6.07) is 4.10. The van der Waals surface area contributed by atoms with Gasteiger partial charge in [0, 0.05) is 19.3 Å². The summed E-state index contributed by atoms with van der Waals surface area (Å²) in [7, 11) is 0. The van der Waals surface area contributed by atoms with Crippen LogP contribution in [0.1, 0.15) is 19.4 Å². The van der Waals surface area contributed by atoms with Crippen molar-refractivity contribution in [1.29, 1.82) is 0 Å². The van der Waals surface area contributed by atoms with Crippen molar-refractivity contribution in [2.24, 2.45) is 0 Å². The molecule has 65 valence electrons. The minimum absolute atomic E-state index is 1.08. The summed E-state index contributed by atoms with van der Waals surface area (Å²) in [5, 5.41) is 0. The van der Waals surface area contributed by atoms with Crippen molar-refractivity contribution < 1.29 is 0 Å². The van der Waals surface area contributed by atoms with Crippen molar-refractivity contribution >= 4 is 47.8 Å². The fourth-order valence-electron chi connectivity index (χ4n) is 1.02. The molecule has 0 aliphatic heterocycles. The van der Waals surface area contributed by atoms with Gasteiger partial charge in [-0.25, -0.2) is 0 Å². The van der Waals surface area contributed by atoms with Gasteiger partial charge in [0.25, 0.3) is 0 Å². The SMILES string of the molecule is C[C](C)c1c(Br)cc(Br)cc1Br. The van der Waals surface area contributed by atoms with Gasteiger partial charge >= 0.3 is 0 Å². The summed E-state index contributed by atoms with van der Waals surface area (Å²) in [5.41, 5.74) is 1.23. The van der Waals surface area contributed by atoms with Crippen LogP contribution in [0.5, 0.6) is 0 Å². The summed E-state index contributed by atoms with van der Waals surface area (Å²) < 4.78 is 3.30. The van der Waals surface area contributed by atoms with Crippen LogP contribution in [0.3, 0.4) is 0 Å². The zero-order valence-electron chi connectivity index (χ0n) is 6.79. The number of hydrogen-bond donors (Lipinski definition) is 0. The fraction of sp³-hybridized carbons (Fsp3) is 0.222. The summed E-state index contributed by atoms with van der Waals surface area (Å²) in [6.45, 7) is 4.19. The maximum atomic E-state index is 3.52. The molecule has 1 rings (SSSR count). The molecule has 1 aromatic rings. The predicted molar refractivity (Wildman–Crippen MR) is 63.2 cm³/mol. The average molecular weight is 356 g/mol. The maximum absolute atomic E-state index is 3.52. The van der Waals surface area contributed by atoms with Gasteiger partial charge in [-0.2, -0.15) is 0 Å². The van der Waals surface area contributed by atoms with Gasteiger partial charge in [0.2, 0.25) is 0 Å². The van der Waals surface area contributed by atoms with E-state index in [1.807, 2.05) is 12.1 Å². The highest BCUT2D eigenvalue weighted by atomic mass is 79.9. The lowest BCUT2D eigenvalue weighted by Gasteiger charge is -2.10. The van der Waals surface area contributed by atoms with E-state index in [9.17, 15) is 0 Å². The summed E-state index contributed by atoms with van der Waals surface area (Å²) in [6.07, 6.45) is 0. The van der Waals surface area contributed by atoms with E-state index in [0.717, 1.165) is 13.4 Å². The van der Waals surface area contributed by atoms with Crippen molar-refractivity contribution in [3.8, 4) is 0 Å². The highest BCUT2D eigenvalue weighted by molar-refractivity contribution is 9.11. The van der Waals surface area contributed by atoms with E-state index >= 15 is 0 Å².